The minimum Gasteiger partial charge on any atom is -0.508 e. The van der Waals surface area contributed by atoms with Crippen molar-refractivity contribution in [2.45, 2.75) is 0 Å². The van der Waals surface area contributed by atoms with E-state index < -0.39 is 10.9 Å². The number of nitrogens with zero attached hydrogens (tertiary/aromatic N) is 1. The zero-order valence-electron chi connectivity index (χ0n) is 12.1. The van der Waals surface area contributed by atoms with Crippen molar-refractivity contribution in [1.82, 2.24) is 0 Å². The molecule has 0 spiro atoms. The van der Waals surface area contributed by atoms with E-state index in [1.54, 1.807) is 0 Å². The normalized spacial score (nSPS) is 11.1. The number of benzene rings is 2. The monoisotopic (exact) mass is 315 g/mol. The third-order valence-corrected chi connectivity index (χ3v) is 3.10. The minimum atomic E-state index is -1.21. The van der Waals surface area contributed by atoms with Gasteiger partial charge < -0.3 is 14.9 Å². The maximum Gasteiger partial charge on any atom is 0.336 e. The molecular weight excluding hydrogens is 302 g/mol. The Labute approximate surface area is 131 Å². The number of ether oxygens (including phenoxy) is 1. The molecule has 0 atom stereocenters. The van der Waals surface area contributed by atoms with E-state index in [1.807, 2.05) is 0 Å². The second kappa shape index (κ2) is 6.61. The molecular formula is C16H13NO6. The number of phenols is 1. The number of hydrogen-bond acceptors (Lipinski definition) is 5. The molecule has 0 radical (unpaired) electrons. The Bertz CT molecular complexity index is 797. The van der Waals surface area contributed by atoms with E-state index in [0.29, 0.717) is 5.56 Å². The third kappa shape index (κ3) is 3.65. The summed E-state index contributed by atoms with van der Waals surface area (Å²) in [6.45, 7) is 0. The van der Waals surface area contributed by atoms with Gasteiger partial charge in [0.15, 0.2) is 5.75 Å². The van der Waals surface area contributed by atoms with Crippen molar-refractivity contribution in [2.24, 2.45) is 0 Å². The maximum absolute atomic E-state index is 11.4. The molecule has 23 heavy (non-hydrogen) atoms. The molecule has 0 aromatic heterocycles. The molecule has 0 unspecified atom stereocenters. The molecule has 0 amide bonds. The van der Waals surface area contributed by atoms with Gasteiger partial charge in [-0.1, -0.05) is 18.2 Å². The lowest BCUT2D eigenvalue weighted by Gasteiger charge is -2.05. The second-order valence-corrected chi connectivity index (χ2v) is 4.60. The molecule has 0 saturated heterocycles. The predicted octanol–water partition coefficient (Wildman–Crippen LogP) is 2.93. The minimum absolute atomic E-state index is 0.0737. The molecule has 2 N–H and O–H groups in total. The summed E-state index contributed by atoms with van der Waals surface area (Å²) in [6.07, 6.45) is 1.30. The zero-order valence-corrected chi connectivity index (χ0v) is 12.1. The van der Waals surface area contributed by atoms with Crippen LogP contribution in [0.15, 0.2) is 42.5 Å². The number of carbonyl (C=O) groups is 1. The summed E-state index contributed by atoms with van der Waals surface area (Å²) < 4.78 is 4.90. The molecule has 7 heteroatoms. The molecule has 0 saturated carbocycles. The van der Waals surface area contributed by atoms with Crippen LogP contribution in [-0.2, 0) is 4.79 Å². The number of hydrogen-bond donors (Lipinski definition) is 2. The van der Waals surface area contributed by atoms with E-state index in [2.05, 4.69) is 0 Å². The molecule has 0 aliphatic rings. The van der Waals surface area contributed by atoms with Gasteiger partial charge in [-0.3, -0.25) is 10.1 Å². The Kier molecular flexibility index (Phi) is 4.61. The van der Waals surface area contributed by atoms with Crippen LogP contribution in [0.5, 0.6) is 11.5 Å². The number of nitro benzene ring substituents is 1. The highest BCUT2D eigenvalue weighted by atomic mass is 16.6. The lowest BCUT2D eigenvalue weighted by molar-refractivity contribution is -0.385. The van der Waals surface area contributed by atoms with Crippen LogP contribution in [0.3, 0.4) is 0 Å². The van der Waals surface area contributed by atoms with Crippen molar-refractivity contribution < 1.29 is 24.7 Å². The van der Waals surface area contributed by atoms with Crippen LogP contribution < -0.4 is 4.74 Å². The first kappa shape index (κ1) is 16.0. The molecule has 0 heterocycles. The SMILES string of the molecule is COc1ccc(/C=C(\C(=O)O)c2cccc(O)c2)cc1[N+](=O)[O-]. The topological polar surface area (TPSA) is 110 Å². The molecule has 118 valence electrons. The van der Waals surface area contributed by atoms with Gasteiger partial charge in [-0.15, -0.1) is 0 Å². The average Bonchev–Trinajstić information content (AvgIpc) is 2.52. The van der Waals surface area contributed by atoms with Crippen LogP contribution in [0.4, 0.5) is 5.69 Å². The first-order valence-corrected chi connectivity index (χ1v) is 6.49. The van der Waals surface area contributed by atoms with E-state index in [1.165, 1.54) is 55.7 Å². The highest BCUT2D eigenvalue weighted by Gasteiger charge is 2.16. The summed E-state index contributed by atoms with van der Waals surface area (Å²) in [5.74, 6) is -1.20. The summed E-state index contributed by atoms with van der Waals surface area (Å²) >= 11 is 0. The predicted molar refractivity (Wildman–Crippen MR) is 83.3 cm³/mol. The molecule has 2 aromatic carbocycles. The van der Waals surface area contributed by atoms with Gasteiger partial charge in [-0.05, 0) is 35.4 Å². The van der Waals surface area contributed by atoms with Gasteiger partial charge in [-0.2, -0.15) is 0 Å². The van der Waals surface area contributed by atoms with E-state index >= 15 is 0 Å². The molecule has 0 fully saturated rings. The Hall–Kier alpha value is -3.35. The molecule has 0 aliphatic heterocycles. The Morgan fingerprint density at radius 2 is 2.00 bits per heavy atom. The molecule has 2 aromatic rings. The van der Waals surface area contributed by atoms with Crippen LogP contribution in [0.25, 0.3) is 11.6 Å². The number of nitro groups is 1. The summed E-state index contributed by atoms with van der Waals surface area (Å²) in [7, 11) is 1.31. The summed E-state index contributed by atoms with van der Waals surface area (Å²) in [4.78, 5) is 21.9. The third-order valence-electron chi connectivity index (χ3n) is 3.10. The lowest BCUT2D eigenvalue weighted by atomic mass is 10.0. The average molecular weight is 315 g/mol. The molecule has 0 bridgehead atoms. The number of aromatic hydroxyl groups is 1. The van der Waals surface area contributed by atoms with Crippen LogP contribution >= 0.6 is 0 Å². The van der Waals surface area contributed by atoms with Gasteiger partial charge >= 0.3 is 11.7 Å². The zero-order chi connectivity index (χ0) is 17.0. The Balaban J connectivity index is 2.54. The van der Waals surface area contributed by atoms with Gasteiger partial charge in [-0.25, -0.2) is 4.79 Å². The van der Waals surface area contributed by atoms with Gasteiger partial charge in [0.25, 0.3) is 0 Å². The Morgan fingerprint density at radius 3 is 2.57 bits per heavy atom. The number of rotatable bonds is 5. The summed E-state index contributed by atoms with van der Waals surface area (Å²) in [5, 5.41) is 29.8. The first-order valence-electron chi connectivity index (χ1n) is 6.49. The van der Waals surface area contributed by atoms with Gasteiger partial charge in [0.05, 0.1) is 17.6 Å². The highest BCUT2D eigenvalue weighted by molar-refractivity contribution is 6.20. The van der Waals surface area contributed by atoms with E-state index in [0.717, 1.165) is 0 Å². The fraction of sp³-hybridized carbons (Fsp3) is 0.0625. The smallest absolute Gasteiger partial charge is 0.336 e. The summed E-state index contributed by atoms with van der Waals surface area (Å²) in [6, 6.07) is 9.89. The van der Waals surface area contributed by atoms with Gasteiger partial charge in [0.2, 0.25) is 0 Å². The number of methoxy groups -OCH3 is 1. The van der Waals surface area contributed by atoms with Crippen molar-refractivity contribution in [1.29, 1.82) is 0 Å². The largest absolute Gasteiger partial charge is 0.508 e. The van der Waals surface area contributed by atoms with E-state index in [-0.39, 0.29) is 28.3 Å². The second-order valence-electron chi connectivity index (χ2n) is 4.60. The van der Waals surface area contributed by atoms with E-state index in [4.69, 9.17) is 4.74 Å². The first-order chi connectivity index (χ1) is 10.9. The lowest BCUT2D eigenvalue weighted by Crippen LogP contribution is -2.00. The quantitative estimate of drug-likeness (QED) is 0.380. The fourth-order valence-corrected chi connectivity index (χ4v) is 2.05. The van der Waals surface area contributed by atoms with Crippen molar-refractivity contribution in [2.75, 3.05) is 7.11 Å². The van der Waals surface area contributed by atoms with E-state index in [9.17, 15) is 25.1 Å². The van der Waals surface area contributed by atoms with Crippen LogP contribution in [-0.4, -0.2) is 28.2 Å². The van der Waals surface area contributed by atoms with Crippen molar-refractivity contribution >= 4 is 23.3 Å². The summed E-state index contributed by atoms with van der Waals surface area (Å²) in [5.41, 5.74) is 0.261. The maximum atomic E-state index is 11.4. The number of carboxylic acid groups (broad SMARTS) is 1. The fourth-order valence-electron chi connectivity index (χ4n) is 2.05. The van der Waals surface area contributed by atoms with Crippen LogP contribution in [0, 0.1) is 10.1 Å². The molecule has 2 rings (SSSR count). The molecule has 7 nitrogen and oxygen atoms in total. The number of phenolic OH excluding ortho intramolecular Hbond substituents is 1. The van der Waals surface area contributed by atoms with Crippen molar-refractivity contribution in [3.63, 3.8) is 0 Å². The Morgan fingerprint density at radius 1 is 1.26 bits per heavy atom. The van der Waals surface area contributed by atoms with Crippen molar-refractivity contribution in [3.8, 4) is 11.5 Å². The van der Waals surface area contributed by atoms with Crippen molar-refractivity contribution in [3.05, 3.63) is 63.7 Å². The van der Waals surface area contributed by atoms with Crippen LogP contribution in [0.2, 0.25) is 0 Å². The number of aliphatic carboxylic acids is 1. The van der Waals surface area contributed by atoms with Gasteiger partial charge in [0.1, 0.15) is 5.75 Å². The highest BCUT2D eigenvalue weighted by Crippen LogP contribution is 2.30. The van der Waals surface area contributed by atoms with Crippen LogP contribution in [0.1, 0.15) is 11.1 Å². The molecule has 0 aliphatic carbocycles. The standard InChI is InChI=1S/C16H13NO6/c1-23-15-6-5-10(8-14(15)17(21)22)7-13(16(19)20)11-3-2-4-12(18)9-11/h2-9,18H,1H3,(H,19,20)/b13-7-. The van der Waals surface area contributed by atoms with Gasteiger partial charge in [0, 0.05) is 6.07 Å². The number of carboxylic acids is 1.